The molecular weight excluding hydrogens is 458 g/mol. The van der Waals surface area contributed by atoms with Crippen LogP contribution in [0.1, 0.15) is 29.0 Å². The van der Waals surface area contributed by atoms with Crippen LogP contribution >= 0.6 is 0 Å². The maximum absolute atomic E-state index is 13.6. The fourth-order valence-electron chi connectivity index (χ4n) is 5.66. The van der Waals surface area contributed by atoms with E-state index >= 15 is 0 Å². The van der Waals surface area contributed by atoms with Gasteiger partial charge in [-0.05, 0) is 29.0 Å². The minimum absolute atomic E-state index is 0.00855. The molecule has 2 aliphatic rings. The van der Waals surface area contributed by atoms with E-state index in [1.165, 1.54) is 12.3 Å². The van der Waals surface area contributed by atoms with Crippen molar-refractivity contribution in [1.82, 2.24) is 4.57 Å². The minimum Gasteiger partial charge on any atom is -0.507 e. The second kappa shape index (κ2) is 7.42. The van der Waals surface area contributed by atoms with Crippen LogP contribution in [0.4, 0.5) is 0 Å². The van der Waals surface area contributed by atoms with Crippen LogP contribution in [-0.4, -0.2) is 15.6 Å². The Morgan fingerprint density at radius 3 is 2.64 bits per heavy atom. The summed E-state index contributed by atoms with van der Waals surface area (Å²) < 4.78 is 13.2. The molecule has 0 amide bonds. The Morgan fingerprint density at radius 1 is 0.972 bits per heavy atom. The van der Waals surface area contributed by atoms with Crippen LogP contribution < -0.4 is 15.7 Å². The molecule has 7 nitrogen and oxygen atoms in total. The lowest BCUT2D eigenvalue weighted by Gasteiger charge is -2.26. The van der Waals surface area contributed by atoms with Crippen LogP contribution in [0, 0.1) is 0 Å². The van der Waals surface area contributed by atoms with E-state index in [2.05, 4.69) is 0 Å². The molecular formula is C29H19NO6. The highest BCUT2D eigenvalue weighted by molar-refractivity contribution is 5.94. The summed E-state index contributed by atoms with van der Waals surface area (Å²) in [7, 11) is 0. The zero-order valence-electron chi connectivity index (χ0n) is 19.0. The van der Waals surface area contributed by atoms with Gasteiger partial charge in [0.25, 0.3) is 5.56 Å². The normalized spacial score (nSPS) is 16.3. The maximum Gasteiger partial charge on any atom is 0.312 e. The van der Waals surface area contributed by atoms with Gasteiger partial charge in [0, 0.05) is 29.7 Å². The highest BCUT2D eigenvalue weighted by Crippen LogP contribution is 2.45. The Balaban J connectivity index is 1.52. The van der Waals surface area contributed by atoms with Gasteiger partial charge in [0.15, 0.2) is 0 Å². The Bertz CT molecular complexity index is 1870. The number of rotatable bonds is 2. The van der Waals surface area contributed by atoms with Crippen molar-refractivity contribution >= 4 is 27.8 Å². The molecule has 0 unspecified atom stereocenters. The van der Waals surface area contributed by atoms with Crippen LogP contribution in [-0.2, 0) is 17.8 Å². The van der Waals surface area contributed by atoms with Crippen molar-refractivity contribution in [2.45, 2.75) is 25.3 Å². The second-order valence-electron chi connectivity index (χ2n) is 9.25. The van der Waals surface area contributed by atoms with Gasteiger partial charge in [-0.15, -0.1) is 0 Å². The van der Waals surface area contributed by atoms with Crippen LogP contribution in [0.5, 0.6) is 11.5 Å². The molecule has 7 rings (SSSR count). The van der Waals surface area contributed by atoms with Crippen LogP contribution in [0.3, 0.4) is 0 Å². The number of hydrogen-bond donors (Lipinski definition) is 1. The van der Waals surface area contributed by atoms with Crippen molar-refractivity contribution in [2.75, 3.05) is 0 Å². The van der Waals surface area contributed by atoms with E-state index in [0.29, 0.717) is 28.8 Å². The van der Waals surface area contributed by atoms with Crippen LogP contribution in [0.25, 0.3) is 33.0 Å². The molecule has 0 aliphatic carbocycles. The highest BCUT2D eigenvalue weighted by atomic mass is 16.5. The lowest BCUT2D eigenvalue weighted by atomic mass is 9.85. The Hall–Kier alpha value is -4.65. The van der Waals surface area contributed by atoms with E-state index in [-0.39, 0.29) is 34.4 Å². The Labute approximate surface area is 203 Å². The van der Waals surface area contributed by atoms with Crippen molar-refractivity contribution < 1.29 is 19.1 Å². The number of phenols is 1. The number of carbonyl (C=O) groups excluding carboxylic acids is 1. The molecule has 2 aromatic heterocycles. The quantitative estimate of drug-likeness (QED) is 0.297. The van der Waals surface area contributed by atoms with Gasteiger partial charge in [-0.1, -0.05) is 48.5 Å². The van der Waals surface area contributed by atoms with Gasteiger partial charge in [0.05, 0.1) is 17.5 Å². The molecule has 7 heteroatoms. The molecule has 4 heterocycles. The molecule has 0 fully saturated rings. The number of aromatic hydroxyl groups is 1. The number of aromatic nitrogens is 1. The van der Waals surface area contributed by atoms with E-state index in [1.807, 2.05) is 42.5 Å². The summed E-state index contributed by atoms with van der Waals surface area (Å²) >= 11 is 0. The van der Waals surface area contributed by atoms with Crippen molar-refractivity contribution in [2.24, 2.45) is 0 Å². The van der Waals surface area contributed by atoms with Crippen molar-refractivity contribution in [3.63, 3.8) is 0 Å². The monoisotopic (exact) mass is 477 g/mol. The fraction of sp³-hybridized carbons (Fsp3) is 0.138. The smallest absolute Gasteiger partial charge is 0.312 e. The van der Waals surface area contributed by atoms with E-state index in [1.54, 1.807) is 16.7 Å². The Morgan fingerprint density at radius 2 is 1.81 bits per heavy atom. The molecule has 176 valence electrons. The number of esters is 1. The van der Waals surface area contributed by atoms with Crippen molar-refractivity contribution in [1.29, 1.82) is 0 Å². The molecule has 0 saturated carbocycles. The first kappa shape index (κ1) is 20.7. The summed E-state index contributed by atoms with van der Waals surface area (Å²) in [6.07, 6.45) is 2.04. The first-order chi connectivity index (χ1) is 17.5. The maximum atomic E-state index is 13.6. The zero-order chi connectivity index (χ0) is 24.6. The summed E-state index contributed by atoms with van der Waals surface area (Å²) in [5, 5.41) is 11.7. The highest BCUT2D eigenvalue weighted by Gasteiger charge is 2.36. The molecule has 0 bridgehead atoms. The molecule has 1 atom stereocenters. The molecule has 3 aromatic carbocycles. The molecule has 0 spiro atoms. The number of nitrogens with zero attached hydrogens (tertiary/aromatic N) is 1. The van der Waals surface area contributed by atoms with Gasteiger partial charge in [-0.25, -0.2) is 0 Å². The predicted octanol–water partition coefficient (Wildman–Crippen LogP) is 4.48. The molecule has 0 radical (unpaired) electrons. The third kappa shape index (κ3) is 2.83. The first-order valence-corrected chi connectivity index (χ1v) is 11.7. The van der Waals surface area contributed by atoms with Gasteiger partial charge in [0.2, 0.25) is 5.43 Å². The predicted molar refractivity (Wildman–Crippen MR) is 134 cm³/mol. The zero-order valence-corrected chi connectivity index (χ0v) is 19.0. The lowest BCUT2D eigenvalue weighted by molar-refractivity contribution is -0.135. The molecule has 2 aliphatic heterocycles. The number of para-hydroxylation sites is 1. The van der Waals surface area contributed by atoms with Crippen molar-refractivity contribution in [3.8, 4) is 22.6 Å². The number of fused-ring (bicyclic) bond motifs is 3. The third-order valence-corrected chi connectivity index (χ3v) is 7.26. The number of carbonyl (C=O) groups is 1. The largest absolute Gasteiger partial charge is 0.507 e. The van der Waals surface area contributed by atoms with Crippen molar-refractivity contribution in [3.05, 3.63) is 104 Å². The molecule has 36 heavy (non-hydrogen) atoms. The van der Waals surface area contributed by atoms with E-state index in [9.17, 15) is 19.5 Å². The topological polar surface area (TPSA) is 98.7 Å². The van der Waals surface area contributed by atoms with Gasteiger partial charge < -0.3 is 18.8 Å². The average molecular weight is 477 g/mol. The molecule has 5 aromatic rings. The van der Waals surface area contributed by atoms with Gasteiger partial charge in [-0.2, -0.15) is 0 Å². The van der Waals surface area contributed by atoms with Crippen LogP contribution in [0.15, 0.2) is 80.9 Å². The number of benzene rings is 3. The molecule has 1 N–H and O–H groups in total. The number of ether oxygens (including phenoxy) is 1. The van der Waals surface area contributed by atoms with Gasteiger partial charge in [-0.3, -0.25) is 14.4 Å². The number of pyridine rings is 1. The summed E-state index contributed by atoms with van der Waals surface area (Å²) in [6, 6.07) is 18.1. The van der Waals surface area contributed by atoms with E-state index in [0.717, 1.165) is 22.9 Å². The number of aryl methyl sites for hydroxylation is 2. The second-order valence-corrected chi connectivity index (χ2v) is 9.25. The summed E-state index contributed by atoms with van der Waals surface area (Å²) in [6.45, 7) is 0.568. The summed E-state index contributed by atoms with van der Waals surface area (Å²) in [5.74, 6) is -1.47. The summed E-state index contributed by atoms with van der Waals surface area (Å²) in [5.41, 5.74) is 3.36. The number of phenolic OH excluding ortho intramolecular Hbond substituents is 1. The van der Waals surface area contributed by atoms with Gasteiger partial charge in [0.1, 0.15) is 28.7 Å². The van der Waals surface area contributed by atoms with Gasteiger partial charge >= 0.3 is 5.97 Å². The standard InChI is InChI=1S/C29H19NO6/c31-21-13-22-24(28-25(21)27(33)20(14-35-28)15-5-2-1-3-6-15)18(12-23(32)36-22)19-11-17-8-4-7-16-9-10-30(26(16)17)29(19)34/h1-8,11,13-14,18,31H,9-10,12H2/t18-/m0/s1. The number of hydrogen-bond acceptors (Lipinski definition) is 6. The fourth-order valence-corrected chi connectivity index (χ4v) is 5.66. The SMILES string of the molecule is O=C1C[C@@H](c2cc3cccc4c3n(c2=O)CC4)c2c(cc(O)c3c(=O)c(-c4ccccc4)coc23)O1. The van der Waals surface area contributed by atoms with E-state index < -0.39 is 17.3 Å². The van der Waals surface area contributed by atoms with E-state index in [4.69, 9.17) is 9.15 Å². The van der Waals surface area contributed by atoms with Crippen LogP contribution in [0.2, 0.25) is 0 Å². The lowest BCUT2D eigenvalue weighted by Crippen LogP contribution is -2.29. The minimum atomic E-state index is -0.694. The Kier molecular flexibility index (Phi) is 4.27. The first-order valence-electron chi connectivity index (χ1n) is 11.7. The summed E-state index contributed by atoms with van der Waals surface area (Å²) in [4.78, 5) is 39.7. The third-order valence-electron chi connectivity index (χ3n) is 7.26. The average Bonchev–Trinajstić information content (AvgIpc) is 3.32. The molecule has 0 saturated heterocycles.